The summed E-state index contributed by atoms with van der Waals surface area (Å²) in [5.41, 5.74) is 1.89. The Morgan fingerprint density at radius 2 is 2.06 bits per heavy atom. The van der Waals surface area contributed by atoms with E-state index < -0.39 is 11.6 Å². The van der Waals surface area contributed by atoms with Crippen LogP contribution in [0.3, 0.4) is 0 Å². The van der Waals surface area contributed by atoms with Crippen LogP contribution in [0.4, 0.5) is 4.79 Å². The Bertz CT molecular complexity index is 448. The molecule has 0 saturated heterocycles. The van der Waals surface area contributed by atoms with Gasteiger partial charge in [0, 0.05) is 0 Å². The average molecular weight is 245 g/mol. The molecule has 1 aromatic carbocycles. The van der Waals surface area contributed by atoms with Gasteiger partial charge in [0.1, 0.15) is 0 Å². The number of benzene rings is 1. The molecule has 1 aromatic rings. The molecule has 0 spiro atoms. The highest BCUT2D eigenvalue weighted by Gasteiger charge is 2.38. The molecule has 0 unspecified atom stereocenters. The van der Waals surface area contributed by atoms with Crippen LogP contribution in [0.15, 0.2) is 36.9 Å². The lowest BCUT2D eigenvalue weighted by atomic mass is 9.84. The molecular weight excluding hydrogens is 226 g/mol. The third-order valence-corrected chi connectivity index (χ3v) is 3.70. The van der Waals surface area contributed by atoms with Crippen molar-refractivity contribution in [2.24, 2.45) is 0 Å². The van der Waals surface area contributed by atoms with Crippen molar-refractivity contribution in [1.29, 1.82) is 0 Å². The van der Waals surface area contributed by atoms with Crippen molar-refractivity contribution < 1.29 is 9.90 Å². The Balaban J connectivity index is 2.42. The predicted octanol–water partition coefficient (Wildman–Crippen LogP) is 3.45. The third kappa shape index (κ3) is 2.40. The monoisotopic (exact) mass is 245 g/mol. The molecule has 3 heteroatoms. The van der Waals surface area contributed by atoms with E-state index in [-0.39, 0.29) is 0 Å². The summed E-state index contributed by atoms with van der Waals surface area (Å²) in [6.07, 6.45) is 5.61. The van der Waals surface area contributed by atoms with E-state index in [4.69, 9.17) is 5.11 Å². The van der Waals surface area contributed by atoms with Crippen molar-refractivity contribution in [2.75, 3.05) is 0 Å². The molecule has 1 fully saturated rings. The summed E-state index contributed by atoms with van der Waals surface area (Å²) in [5.74, 6) is 0. The molecule has 3 nitrogen and oxygen atoms in total. The molecular formula is C15H19NO2. The summed E-state index contributed by atoms with van der Waals surface area (Å²) in [4.78, 5) is 11.1. The predicted molar refractivity (Wildman–Crippen MR) is 71.6 cm³/mol. The number of nitrogens with one attached hydrogen (secondary N) is 1. The number of amides is 1. The largest absolute Gasteiger partial charge is 0.465 e. The number of carboxylic acid groups (broad SMARTS) is 1. The van der Waals surface area contributed by atoms with Crippen LogP contribution in [-0.4, -0.2) is 11.2 Å². The fourth-order valence-corrected chi connectivity index (χ4v) is 2.97. The normalized spacial score (nSPS) is 17.3. The summed E-state index contributed by atoms with van der Waals surface area (Å²) in [6, 6.07) is 8.07. The summed E-state index contributed by atoms with van der Waals surface area (Å²) >= 11 is 0. The van der Waals surface area contributed by atoms with Crippen molar-refractivity contribution >= 4 is 6.09 Å². The van der Waals surface area contributed by atoms with Gasteiger partial charge >= 0.3 is 6.09 Å². The Morgan fingerprint density at radius 1 is 1.39 bits per heavy atom. The molecule has 2 rings (SSSR count). The van der Waals surface area contributed by atoms with Gasteiger partial charge in [0.15, 0.2) is 0 Å². The van der Waals surface area contributed by atoms with Crippen molar-refractivity contribution in [3.8, 4) is 0 Å². The maximum absolute atomic E-state index is 11.1. The standard InChI is InChI=1S/C15H19NO2/c1-2-7-12-8-3-4-9-13(12)15(16-14(17)18)10-5-6-11-15/h2-4,8-9,16H,1,5-7,10-11H2,(H,17,18). The molecule has 1 saturated carbocycles. The molecule has 2 N–H and O–H groups in total. The van der Waals surface area contributed by atoms with Gasteiger partial charge < -0.3 is 10.4 Å². The maximum Gasteiger partial charge on any atom is 0.405 e. The first-order valence-corrected chi connectivity index (χ1v) is 6.38. The van der Waals surface area contributed by atoms with Crippen LogP contribution in [0.25, 0.3) is 0 Å². The van der Waals surface area contributed by atoms with E-state index in [0.717, 1.165) is 37.7 Å². The lowest BCUT2D eigenvalue weighted by Gasteiger charge is -2.31. The Hall–Kier alpha value is -1.77. The van der Waals surface area contributed by atoms with Gasteiger partial charge in [-0.05, 0) is 30.4 Å². The number of carbonyl (C=O) groups is 1. The molecule has 1 aliphatic rings. The van der Waals surface area contributed by atoms with Crippen molar-refractivity contribution in [2.45, 2.75) is 37.6 Å². The Kier molecular flexibility index (Phi) is 3.70. The highest BCUT2D eigenvalue weighted by atomic mass is 16.4. The van der Waals surface area contributed by atoms with Gasteiger partial charge in [0.05, 0.1) is 5.54 Å². The zero-order chi connectivity index (χ0) is 13.0. The van der Waals surface area contributed by atoms with Crippen LogP contribution in [0.5, 0.6) is 0 Å². The van der Waals surface area contributed by atoms with Gasteiger partial charge in [0.2, 0.25) is 0 Å². The minimum Gasteiger partial charge on any atom is -0.465 e. The van der Waals surface area contributed by atoms with Gasteiger partial charge in [-0.1, -0.05) is 43.2 Å². The second kappa shape index (κ2) is 5.25. The molecule has 1 amide bonds. The van der Waals surface area contributed by atoms with Gasteiger partial charge in [-0.25, -0.2) is 4.79 Å². The van der Waals surface area contributed by atoms with Gasteiger partial charge in [-0.15, -0.1) is 6.58 Å². The quantitative estimate of drug-likeness (QED) is 0.798. The first kappa shape index (κ1) is 12.7. The minimum atomic E-state index is -0.940. The van der Waals surface area contributed by atoms with Gasteiger partial charge in [0.25, 0.3) is 0 Å². The maximum atomic E-state index is 11.1. The molecule has 0 heterocycles. The Morgan fingerprint density at radius 3 is 2.67 bits per heavy atom. The van der Waals surface area contributed by atoms with E-state index in [9.17, 15) is 4.79 Å². The molecule has 0 aliphatic heterocycles. The van der Waals surface area contributed by atoms with Gasteiger partial charge in [-0.2, -0.15) is 0 Å². The fourth-order valence-electron chi connectivity index (χ4n) is 2.97. The van der Waals surface area contributed by atoms with Crippen LogP contribution < -0.4 is 5.32 Å². The summed E-state index contributed by atoms with van der Waals surface area (Å²) in [5, 5.41) is 11.8. The molecule has 0 atom stereocenters. The lowest BCUT2D eigenvalue weighted by molar-refractivity contribution is 0.177. The van der Waals surface area contributed by atoms with E-state index in [1.807, 2.05) is 24.3 Å². The molecule has 1 aliphatic carbocycles. The van der Waals surface area contributed by atoms with E-state index in [0.29, 0.717) is 0 Å². The third-order valence-electron chi connectivity index (χ3n) is 3.70. The highest BCUT2D eigenvalue weighted by molar-refractivity contribution is 5.66. The minimum absolute atomic E-state index is 0.397. The molecule has 0 radical (unpaired) electrons. The number of hydrogen-bond acceptors (Lipinski definition) is 1. The van der Waals surface area contributed by atoms with Crippen LogP contribution in [0.1, 0.15) is 36.8 Å². The number of rotatable bonds is 4. The Labute approximate surface area is 108 Å². The summed E-state index contributed by atoms with van der Waals surface area (Å²) < 4.78 is 0. The SMILES string of the molecule is C=CCc1ccccc1C1(NC(=O)O)CCCC1. The smallest absolute Gasteiger partial charge is 0.405 e. The summed E-state index contributed by atoms with van der Waals surface area (Å²) in [6.45, 7) is 3.77. The van der Waals surface area contributed by atoms with Crippen molar-refractivity contribution in [3.63, 3.8) is 0 Å². The van der Waals surface area contributed by atoms with Crippen molar-refractivity contribution in [1.82, 2.24) is 5.32 Å². The zero-order valence-electron chi connectivity index (χ0n) is 10.5. The molecule has 96 valence electrons. The molecule has 18 heavy (non-hydrogen) atoms. The molecule has 0 bridgehead atoms. The van der Waals surface area contributed by atoms with Crippen LogP contribution in [0, 0.1) is 0 Å². The second-order valence-corrected chi connectivity index (χ2v) is 4.87. The van der Waals surface area contributed by atoms with Crippen LogP contribution in [-0.2, 0) is 12.0 Å². The highest BCUT2D eigenvalue weighted by Crippen LogP contribution is 2.40. The van der Waals surface area contributed by atoms with E-state index >= 15 is 0 Å². The number of hydrogen-bond donors (Lipinski definition) is 2. The van der Waals surface area contributed by atoms with Gasteiger partial charge in [-0.3, -0.25) is 0 Å². The summed E-state index contributed by atoms with van der Waals surface area (Å²) in [7, 11) is 0. The van der Waals surface area contributed by atoms with E-state index in [1.54, 1.807) is 0 Å². The average Bonchev–Trinajstić information content (AvgIpc) is 2.79. The lowest BCUT2D eigenvalue weighted by Crippen LogP contribution is -2.43. The van der Waals surface area contributed by atoms with Crippen LogP contribution in [0.2, 0.25) is 0 Å². The second-order valence-electron chi connectivity index (χ2n) is 4.87. The van der Waals surface area contributed by atoms with Crippen molar-refractivity contribution in [3.05, 3.63) is 48.0 Å². The first-order valence-electron chi connectivity index (χ1n) is 6.38. The fraction of sp³-hybridized carbons (Fsp3) is 0.400. The first-order chi connectivity index (χ1) is 8.68. The molecule has 0 aromatic heterocycles. The number of allylic oxidation sites excluding steroid dienone is 1. The van der Waals surface area contributed by atoms with E-state index in [1.165, 1.54) is 5.56 Å². The zero-order valence-corrected chi connectivity index (χ0v) is 10.5. The van der Waals surface area contributed by atoms with E-state index in [2.05, 4.69) is 18.0 Å². The topological polar surface area (TPSA) is 49.3 Å². The van der Waals surface area contributed by atoms with Crippen LogP contribution >= 0.6 is 0 Å².